The van der Waals surface area contributed by atoms with Crippen molar-refractivity contribution >= 4 is 13.6 Å². The zero-order valence-corrected chi connectivity index (χ0v) is 25.1. The highest BCUT2D eigenvalue weighted by Crippen LogP contribution is 2.34. The van der Waals surface area contributed by atoms with Gasteiger partial charge in [-0.25, -0.2) is 10.9 Å². The average Bonchev–Trinajstić information content (AvgIpc) is 2.86. The molecule has 2 unspecified atom stereocenters. The number of benzene rings is 1. The molecule has 1 heterocycles. The fourth-order valence-electron chi connectivity index (χ4n) is 5.31. The van der Waals surface area contributed by atoms with Crippen molar-refractivity contribution in [1.82, 2.24) is 21.7 Å². The van der Waals surface area contributed by atoms with Gasteiger partial charge >= 0.3 is 0 Å². The monoisotopic (exact) mass is 524 g/mol. The Labute approximate surface area is 227 Å². The van der Waals surface area contributed by atoms with E-state index in [1.165, 1.54) is 67.7 Å². The lowest BCUT2D eigenvalue weighted by atomic mass is 9.81. The van der Waals surface area contributed by atoms with Crippen LogP contribution in [0.25, 0.3) is 5.57 Å². The summed E-state index contributed by atoms with van der Waals surface area (Å²) in [6, 6.07) is 9.84. The maximum Gasteiger partial charge on any atom is 0.111 e. The normalized spacial score (nSPS) is 24.9. The SMILES string of the molecule is C=C/C(=C\C=C(/C)CC)c1ccccc1C1NNNC(COCC[Si](C)(C)C)(C2CCCCCCC2)N1. The third-order valence-electron chi connectivity index (χ3n) is 7.94. The molecule has 1 saturated carbocycles. The van der Waals surface area contributed by atoms with Gasteiger partial charge in [0.1, 0.15) is 5.66 Å². The lowest BCUT2D eigenvalue weighted by Crippen LogP contribution is -2.77. The van der Waals surface area contributed by atoms with Gasteiger partial charge < -0.3 is 4.74 Å². The van der Waals surface area contributed by atoms with E-state index in [2.05, 4.69) is 98.2 Å². The number of rotatable bonds is 11. The van der Waals surface area contributed by atoms with Crippen LogP contribution in [0.1, 0.15) is 82.5 Å². The summed E-state index contributed by atoms with van der Waals surface area (Å²) in [5.74, 6) is 0.494. The topological polar surface area (TPSA) is 57.3 Å². The number of hydrazine groups is 2. The molecule has 1 aliphatic carbocycles. The summed E-state index contributed by atoms with van der Waals surface area (Å²) in [6.45, 7) is 17.2. The van der Waals surface area contributed by atoms with Crippen molar-refractivity contribution in [2.75, 3.05) is 13.2 Å². The van der Waals surface area contributed by atoms with Gasteiger partial charge in [0.2, 0.25) is 0 Å². The summed E-state index contributed by atoms with van der Waals surface area (Å²) < 4.78 is 6.44. The molecule has 206 valence electrons. The van der Waals surface area contributed by atoms with E-state index in [1.807, 2.05) is 6.08 Å². The smallest absolute Gasteiger partial charge is 0.111 e. The number of hydrogen-bond acceptors (Lipinski definition) is 5. The zero-order valence-electron chi connectivity index (χ0n) is 24.1. The van der Waals surface area contributed by atoms with Gasteiger partial charge in [0.25, 0.3) is 0 Å². The van der Waals surface area contributed by atoms with Crippen molar-refractivity contribution in [1.29, 1.82) is 0 Å². The molecule has 0 aromatic heterocycles. The van der Waals surface area contributed by atoms with Crippen molar-refractivity contribution in [3.8, 4) is 0 Å². The third-order valence-corrected chi connectivity index (χ3v) is 9.64. The van der Waals surface area contributed by atoms with Crippen LogP contribution in [-0.2, 0) is 4.74 Å². The maximum atomic E-state index is 6.44. The summed E-state index contributed by atoms with van der Waals surface area (Å²) in [6.07, 6.45) is 16.4. The number of hydrogen-bond donors (Lipinski definition) is 4. The first-order valence-electron chi connectivity index (χ1n) is 14.5. The van der Waals surface area contributed by atoms with Crippen LogP contribution in [0.2, 0.25) is 25.7 Å². The second-order valence-electron chi connectivity index (χ2n) is 12.1. The molecule has 1 aromatic carbocycles. The fourth-order valence-corrected chi connectivity index (χ4v) is 6.07. The van der Waals surface area contributed by atoms with E-state index in [4.69, 9.17) is 4.74 Å². The molecule has 3 rings (SSSR count). The van der Waals surface area contributed by atoms with Crippen molar-refractivity contribution in [3.63, 3.8) is 0 Å². The van der Waals surface area contributed by atoms with E-state index in [-0.39, 0.29) is 11.8 Å². The predicted molar refractivity (Wildman–Crippen MR) is 161 cm³/mol. The van der Waals surface area contributed by atoms with Gasteiger partial charge in [0, 0.05) is 14.7 Å². The molecule has 0 radical (unpaired) electrons. The minimum Gasteiger partial charge on any atom is -0.378 e. The number of allylic oxidation sites excluding steroid dienone is 5. The van der Waals surface area contributed by atoms with Gasteiger partial charge in [-0.15, -0.1) is 0 Å². The molecule has 0 spiro atoms. The number of nitrogens with one attached hydrogen (secondary N) is 4. The molecule has 1 saturated heterocycles. The Morgan fingerprint density at radius 1 is 1.08 bits per heavy atom. The number of ether oxygens (including phenoxy) is 1. The Bertz CT molecular complexity index is 914. The highest BCUT2D eigenvalue weighted by Gasteiger charge is 2.43. The van der Waals surface area contributed by atoms with Gasteiger partial charge in [-0.1, -0.05) is 113 Å². The molecule has 0 bridgehead atoms. The van der Waals surface area contributed by atoms with E-state index in [0.717, 1.165) is 18.6 Å². The molecule has 1 aliphatic heterocycles. The Balaban J connectivity index is 1.90. The van der Waals surface area contributed by atoms with E-state index in [0.29, 0.717) is 12.5 Å². The van der Waals surface area contributed by atoms with Crippen LogP contribution in [0, 0.1) is 5.92 Å². The van der Waals surface area contributed by atoms with E-state index >= 15 is 0 Å². The van der Waals surface area contributed by atoms with Gasteiger partial charge in [-0.3, -0.25) is 5.32 Å². The van der Waals surface area contributed by atoms with Crippen LogP contribution in [0.15, 0.2) is 54.6 Å². The van der Waals surface area contributed by atoms with Crippen molar-refractivity contribution in [2.45, 2.75) is 103 Å². The largest absolute Gasteiger partial charge is 0.378 e. The molecule has 5 nitrogen and oxygen atoms in total. The first-order valence-corrected chi connectivity index (χ1v) is 18.2. The lowest BCUT2D eigenvalue weighted by molar-refractivity contribution is -0.0352. The Morgan fingerprint density at radius 2 is 1.78 bits per heavy atom. The summed E-state index contributed by atoms with van der Waals surface area (Å²) in [4.78, 5) is 0. The second-order valence-corrected chi connectivity index (χ2v) is 17.7. The van der Waals surface area contributed by atoms with Crippen LogP contribution in [-0.4, -0.2) is 27.0 Å². The molecule has 2 atom stereocenters. The average molecular weight is 525 g/mol. The van der Waals surface area contributed by atoms with E-state index in [9.17, 15) is 0 Å². The molecular weight excluding hydrogens is 472 g/mol. The Hall–Kier alpha value is -1.54. The summed E-state index contributed by atoms with van der Waals surface area (Å²) in [5, 5.41) is 4.02. The van der Waals surface area contributed by atoms with Crippen LogP contribution >= 0.6 is 0 Å². The highest BCUT2D eigenvalue weighted by atomic mass is 28.3. The minimum absolute atomic E-state index is 0.0666. The quantitative estimate of drug-likeness (QED) is 0.140. The zero-order chi connectivity index (χ0) is 26.7. The van der Waals surface area contributed by atoms with E-state index < -0.39 is 8.07 Å². The molecule has 1 aromatic rings. The van der Waals surface area contributed by atoms with Crippen LogP contribution in [0.4, 0.5) is 0 Å². The molecule has 37 heavy (non-hydrogen) atoms. The lowest BCUT2D eigenvalue weighted by Gasteiger charge is -2.49. The van der Waals surface area contributed by atoms with Crippen molar-refractivity contribution in [2.24, 2.45) is 5.92 Å². The maximum absolute atomic E-state index is 6.44. The molecule has 2 fully saturated rings. The van der Waals surface area contributed by atoms with Crippen molar-refractivity contribution in [3.05, 3.63) is 65.8 Å². The van der Waals surface area contributed by atoms with E-state index in [1.54, 1.807) is 0 Å². The standard InChI is InChI=1S/C31H52N4OSi/c1-7-25(3)20-21-26(8-2)28-18-14-15-19-29(28)30-32-31(34-35-33-30,24-36-22-23-37(4,5)6)27-16-12-10-9-11-13-17-27/h8,14-15,18-21,27,30,32-35H,2,7,9-13,16-17,22-24H2,1,3-6H3/b25-20+,26-21+. The summed E-state index contributed by atoms with van der Waals surface area (Å²) >= 11 is 0. The van der Waals surface area contributed by atoms with Crippen LogP contribution in [0.3, 0.4) is 0 Å². The van der Waals surface area contributed by atoms with Crippen LogP contribution < -0.4 is 21.7 Å². The molecule has 6 heteroatoms. The fraction of sp³-hybridized carbons (Fsp3) is 0.613. The third kappa shape index (κ3) is 9.01. The van der Waals surface area contributed by atoms with Gasteiger partial charge in [-0.05, 0) is 54.8 Å². The molecule has 0 amide bonds. The highest BCUT2D eigenvalue weighted by molar-refractivity contribution is 6.76. The summed E-state index contributed by atoms with van der Waals surface area (Å²) in [7, 11) is -1.15. The van der Waals surface area contributed by atoms with Gasteiger partial charge in [-0.2, -0.15) is 5.53 Å². The van der Waals surface area contributed by atoms with Gasteiger partial charge in [0.05, 0.1) is 12.8 Å². The minimum atomic E-state index is -1.15. The summed E-state index contributed by atoms with van der Waals surface area (Å²) in [5.41, 5.74) is 15.0. The van der Waals surface area contributed by atoms with Crippen LogP contribution in [0.5, 0.6) is 0 Å². The first-order chi connectivity index (χ1) is 17.8. The molecule has 4 N–H and O–H groups in total. The van der Waals surface area contributed by atoms with Crippen molar-refractivity contribution < 1.29 is 4.74 Å². The predicted octanol–water partition coefficient (Wildman–Crippen LogP) is 7.22. The molecule has 2 aliphatic rings. The van der Waals surface area contributed by atoms with Gasteiger partial charge in [0.15, 0.2) is 0 Å². The Kier molecular flexibility index (Phi) is 11.8. The Morgan fingerprint density at radius 3 is 2.46 bits per heavy atom. The molecular formula is C31H52N4OSi. The second kappa shape index (κ2) is 14.6. The first kappa shape index (κ1) is 30.0.